The monoisotopic (exact) mass is 357 g/mol. The van der Waals surface area contributed by atoms with E-state index in [0.29, 0.717) is 23.8 Å². The van der Waals surface area contributed by atoms with Crippen molar-refractivity contribution in [2.45, 2.75) is 0 Å². The fourth-order valence-electron chi connectivity index (χ4n) is 2.85. The molecular formula is C20H20ClNO3. The lowest BCUT2D eigenvalue weighted by Gasteiger charge is -2.30. The molecule has 1 fully saturated rings. The second-order valence-corrected chi connectivity index (χ2v) is 6.15. The van der Waals surface area contributed by atoms with Crippen molar-refractivity contribution in [2.75, 3.05) is 38.3 Å². The molecule has 0 unspecified atom stereocenters. The SMILES string of the molecule is COC(=O)c1cccc(N2CCOCC2)c1/C=C/c1ccc(Cl)cc1. The third-order valence-corrected chi connectivity index (χ3v) is 4.40. The summed E-state index contributed by atoms with van der Waals surface area (Å²) in [6.07, 6.45) is 3.93. The molecule has 2 aromatic carbocycles. The van der Waals surface area contributed by atoms with Gasteiger partial charge in [-0.05, 0) is 29.8 Å². The Labute approximate surface area is 152 Å². The van der Waals surface area contributed by atoms with Gasteiger partial charge in [-0.25, -0.2) is 4.79 Å². The number of hydrogen-bond acceptors (Lipinski definition) is 4. The van der Waals surface area contributed by atoms with Gasteiger partial charge in [0.05, 0.1) is 25.9 Å². The van der Waals surface area contributed by atoms with Crippen LogP contribution in [0.5, 0.6) is 0 Å². The average Bonchev–Trinajstić information content (AvgIpc) is 2.67. The summed E-state index contributed by atoms with van der Waals surface area (Å²) in [5, 5.41) is 0.695. The molecular weight excluding hydrogens is 338 g/mol. The average molecular weight is 358 g/mol. The molecule has 3 rings (SSSR count). The van der Waals surface area contributed by atoms with Crippen molar-refractivity contribution in [2.24, 2.45) is 0 Å². The van der Waals surface area contributed by atoms with Gasteiger partial charge in [-0.2, -0.15) is 0 Å². The van der Waals surface area contributed by atoms with Gasteiger partial charge in [-0.1, -0.05) is 42.0 Å². The highest BCUT2D eigenvalue weighted by atomic mass is 35.5. The van der Waals surface area contributed by atoms with Crippen LogP contribution in [0.15, 0.2) is 42.5 Å². The number of carbonyl (C=O) groups is 1. The maximum absolute atomic E-state index is 12.2. The van der Waals surface area contributed by atoms with Crippen molar-refractivity contribution in [3.05, 3.63) is 64.2 Å². The fourth-order valence-corrected chi connectivity index (χ4v) is 2.98. The maximum atomic E-state index is 12.2. The summed E-state index contributed by atoms with van der Waals surface area (Å²) in [6.45, 7) is 2.96. The minimum atomic E-state index is -0.342. The first-order chi connectivity index (χ1) is 12.2. The van der Waals surface area contributed by atoms with Crippen molar-refractivity contribution >= 4 is 35.4 Å². The first-order valence-electron chi connectivity index (χ1n) is 8.16. The Morgan fingerprint density at radius 2 is 1.84 bits per heavy atom. The second-order valence-electron chi connectivity index (χ2n) is 5.71. The van der Waals surface area contributed by atoms with Crippen LogP contribution in [-0.2, 0) is 9.47 Å². The van der Waals surface area contributed by atoms with E-state index in [1.165, 1.54) is 7.11 Å². The Kier molecular flexibility index (Phi) is 5.74. The Bertz CT molecular complexity index is 765. The molecule has 130 valence electrons. The minimum Gasteiger partial charge on any atom is -0.465 e. The van der Waals surface area contributed by atoms with E-state index in [2.05, 4.69) is 4.90 Å². The van der Waals surface area contributed by atoms with Crippen LogP contribution in [0.3, 0.4) is 0 Å². The van der Waals surface area contributed by atoms with Gasteiger partial charge in [-0.15, -0.1) is 0 Å². The van der Waals surface area contributed by atoms with Crippen molar-refractivity contribution in [3.63, 3.8) is 0 Å². The molecule has 0 bridgehead atoms. The Morgan fingerprint density at radius 1 is 1.12 bits per heavy atom. The number of halogens is 1. The Balaban J connectivity index is 2.00. The van der Waals surface area contributed by atoms with Gasteiger partial charge in [0.2, 0.25) is 0 Å². The summed E-state index contributed by atoms with van der Waals surface area (Å²) >= 11 is 5.94. The van der Waals surface area contributed by atoms with E-state index in [1.54, 1.807) is 6.07 Å². The molecule has 0 amide bonds. The van der Waals surface area contributed by atoms with E-state index in [-0.39, 0.29) is 5.97 Å². The van der Waals surface area contributed by atoms with Crippen molar-refractivity contribution in [3.8, 4) is 0 Å². The molecule has 0 aromatic heterocycles. The third kappa shape index (κ3) is 4.21. The minimum absolute atomic E-state index is 0.342. The van der Waals surface area contributed by atoms with Crippen molar-refractivity contribution < 1.29 is 14.3 Å². The van der Waals surface area contributed by atoms with Crippen molar-refractivity contribution in [1.29, 1.82) is 0 Å². The third-order valence-electron chi connectivity index (χ3n) is 4.15. The highest BCUT2D eigenvalue weighted by Gasteiger charge is 2.19. The molecule has 0 saturated carbocycles. The van der Waals surface area contributed by atoms with Crippen LogP contribution in [0.1, 0.15) is 21.5 Å². The number of hydrogen-bond donors (Lipinski definition) is 0. The maximum Gasteiger partial charge on any atom is 0.338 e. The summed E-state index contributed by atoms with van der Waals surface area (Å²) in [5.41, 5.74) is 3.43. The number of esters is 1. The van der Waals surface area contributed by atoms with Gasteiger partial charge >= 0.3 is 5.97 Å². The van der Waals surface area contributed by atoms with Crippen LogP contribution in [0.4, 0.5) is 5.69 Å². The van der Waals surface area contributed by atoms with E-state index < -0.39 is 0 Å². The molecule has 0 N–H and O–H groups in total. The number of benzene rings is 2. The van der Waals surface area contributed by atoms with E-state index in [4.69, 9.17) is 21.1 Å². The molecule has 0 aliphatic carbocycles. The number of nitrogens with zero attached hydrogens (tertiary/aromatic N) is 1. The molecule has 0 spiro atoms. The number of carbonyl (C=O) groups excluding carboxylic acids is 1. The lowest BCUT2D eigenvalue weighted by molar-refractivity contribution is 0.0600. The smallest absolute Gasteiger partial charge is 0.338 e. The highest BCUT2D eigenvalue weighted by Crippen LogP contribution is 2.28. The lowest BCUT2D eigenvalue weighted by Crippen LogP contribution is -2.36. The normalized spacial score (nSPS) is 14.7. The summed E-state index contributed by atoms with van der Waals surface area (Å²) in [5.74, 6) is -0.342. The Morgan fingerprint density at radius 3 is 2.52 bits per heavy atom. The summed E-state index contributed by atoms with van der Waals surface area (Å²) in [4.78, 5) is 14.4. The Hall–Kier alpha value is -2.30. The highest BCUT2D eigenvalue weighted by molar-refractivity contribution is 6.30. The van der Waals surface area contributed by atoms with E-state index in [0.717, 1.165) is 29.9 Å². The number of morpholine rings is 1. The van der Waals surface area contributed by atoms with Crippen LogP contribution >= 0.6 is 11.6 Å². The molecule has 1 aliphatic heterocycles. The molecule has 1 heterocycles. The van der Waals surface area contributed by atoms with Crippen LogP contribution in [0.2, 0.25) is 5.02 Å². The van der Waals surface area contributed by atoms with E-state index >= 15 is 0 Å². The standard InChI is InChI=1S/C20H20ClNO3/c1-24-20(23)18-3-2-4-19(22-11-13-25-14-12-22)17(18)10-7-15-5-8-16(21)9-6-15/h2-10H,11-14H2,1H3/b10-7+. The zero-order chi connectivity index (χ0) is 17.6. The zero-order valence-corrected chi connectivity index (χ0v) is 14.8. The first kappa shape index (κ1) is 17.5. The largest absolute Gasteiger partial charge is 0.465 e. The van der Waals surface area contributed by atoms with Gasteiger partial charge in [0, 0.05) is 29.4 Å². The molecule has 1 saturated heterocycles. The topological polar surface area (TPSA) is 38.8 Å². The number of ether oxygens (including phenoxy) is 2. The summed E-state index contributed by atoms with van der Waals surface area (Å²) in [7, 11) is 1.40. The van der Waals surface area contributed by atoms with Gasteiger partial charge in [-0.3, -0.25) is 0 Å². The van der Waals surface area contributed by atoms with Crippen LogP contribution in [0.25, 0.3) is 12.2 Å². The fraction of sp³-hybridized carbons (Fsp3) is 0.250. The summed E-state index contributed by atoms with van der Waals surface area (Å²) in [6, 6.07) is 13.3. The zero-order valence-electron chi connectivity index (χ0n) is 14.1. The van der Waals surface area contributed by atoms with Crippen LogP contribution < -0.4 is 4.90 Å². The van der Waals surface area contributed by atoms with Crippen LogP contribution in [0, 0.1) is 0 Å². The summed E-state index contributed by atoms with van der Waals surface area (Å²) < 4.78 is 10.4. The van der Waals surface area contributed by atoms with Gasteiger partial charge in [0.15, 0.2) is 0 Å². The van der Waals surface area contributed by atoms with Gasteiger partial charge in [0.1, 0.15) is 0 Å². The lowest BCUT2D eigenvalue weighted by atomic mass is 10.0. The second kappa shape index (κ2) is 8.19. The predicted octanol–water partition coefficient (Wildman–Crippen LogP) is 4.13. The van der Waals surface area contributed by atoms with E-state index in [9.17, 15) is 4.79 Å². The first-order valence-corrected chi connectivity index (χ1v) is 8.54. The van der Waals surface area contributed by atoms with E-state index in [1.807, 2.05) is 48.6 Å². The molecule has 2 aromatic rings. The molecule has 0 radical (unpaired) electrons. The molecule has 4 nitrogen and oxygen atoms in total. The van der Waals surface area contributed by atoms with Gasteiger partial charge in [0.25, 0.3) is 0 Å². The predicted molar refractivity (Wildman–Crippen MR) is 101 cm³/mol. The van der Waals surface area contributed by atoms with Crippen LogP contribution in [-0.4, -0.2) is 39.4 Å². The quantitative estimate of drug-likeness (QED) is 0.609. The molecule has 25 heavy (non-hydrogen) atoms. The number of anilines is 1. The van der Waals surface area contributed by atoms with Crippen molar-refractivity contribution in [1.82, 2.24) is 0 Å². The molecule has 1 aliphatic rings. The molecule has 5 heteroatoms. The number of rotatable bonds is 4. The molecule has 0 atom stereocenters. The van der Waals surface area contributed by atoms with Gasteiger partial charge < -0.3 is 14.4 Å². The number of methoxy groups -OCH3 is 1.